The molecule has 1 rings (SSSR count). The van der Waals surface area contributed by atoms with Gasteiger partial charge in [-0.2, -0.15) is 0 Å². The molecule has 0 radical (unpaired) electrons. The van der Waals surface area contributed by atoms with Gasteiger partial charge in [-0.3, -0.25) is 4.79 Å². The first-order valence-electron chi connectivity index (χ1n) is 3.72. The van der Waals surface area contributed by atoms with Gasteiger partial charge in [0.1, 0.15) is 5.67 Å². The van der Waals surface area contributed by atoms with E-state index in [-0.39, 0.29) is 19.0 Å². The summed E-state index contributed by atoms with van der Waals surface area (Å²) in [5.74, 6) is -0.161. The maximum atomic E-state index is 13.1. The summed E-state index contributed by atoms with van der Waals surface area (Å²) in [6, 6.07) is 0. The van der Waals surface area contributed by atoms with Gasteiger partial charge in [0.05, 0.1) is 13.1 Å². The van der Waals surface area contributed by atoms with Gasteiger partial charge in [0, 0.05) is 13.0 Å². The zero-order chi connectivity index (χ0) is 8.48. The van der Waals surface area contributed by atoms with Gasteiger partial charge in [-0.1, -0.05) is 0 Å². The highest BCUT2D eigenvalue weighted by Crippen LogP contribution is 2.24. The van der Waals surface area contributed by atoms with Crippen molar-refractivity contribution in [2.45, 2.75) is 19.0 Å². The standard InChI is InChI=1S/C7H13FN2O/c1-7(8)2-3-10(5-7)6(11)4-9/h2-5,9H2,1H3/t7-/m0/s1. The van der Waals surface area contributed by atoms with Gasteiger partial charge in [-0.15, -0.1) is 0 Å². The Balaban J connectivity index is 2.48. The fraction of sp³-hybridized carbons (Fsp3) is 0.857. The molecular weight excluding hydrogens is 147 g/mol. The van der Waals surface area contributed by atoms with Crippen molar-refractivity contribution in [1.82, 2.24) is 4.90 Å². The van der Waals surface area contributed by atoms with E-state index in [1.807, 2.05) is 0 Å². The Kier molecular flexibility index (Phi) is 2.13. The lowest BCUT2D eigenvalue weighted by molar-refractivity contribution is -0.129. The van der Waals surface area contributed by atoms with Crippen LogP contribution in [0.1, 0.15) is 13.3 Å². The molecule has 0 saturated carbocycles. The highest BCUT2D eigenvalue weighted by Gasteiger charge is 2.35. The Morgan fingerprint density at radius 2 is 2.45 bits per heavy atom. The van der Waals surface area contributed by atoms with Crippen LogP contribution in [-0.2, 0) is 4.79 Å². The highest BCUT2D eigenvalue weighted by atomic mass is 19.1. The lowest BCUT2D eigenvalue weighted by Gasteiger charge is -2.16. The van der Waals surface area contributed by atoms with Crippen LogP contribution in [0.2, 0.25) is 0 Å². The Morgan fingerprint density at radius 1 is 1.82 bits per heavy atom. The Labute approximate surface area is 65.3 Å². The number of likely N-dealkylation sites (tertiary alicyclic amines) is 1. The number of amides is 1. The molecule has 1 atom stereocenters. The van der Waals surface area contributed by atoms with Gasteiger partial charge in [0.15, 0.2) is 0 Å². The molecule has 1 aliphatic rings. The molecule has 1 aliphatic heterocycles. The number of nitrogens with zero attached hydrogens (tertiary/aromatic N) is 1. The average molecular weight is 160 g/mol. The molecule has 0 aliphatic carbocycles. The molecule has 0 aromatic carbocycles. The Morgan fingerprint density at radius 3 is 2.82 bits per heavy atom. The highest BCUT2D eigenvalue weighted by molar-refractivity contribution is 5.78. The molecular formula is C7H13FN2O. The quantitative estimate of drug-likeness (QED) is 0.582. The van der Waals surface area contributed by atoms with Crippen LogP contribution in [0.15, 0.2) is 0 Å². The van der Waals surface area contributed by atoms with Crippen LogP contribution in [0, 0.1) is 0 Å². The smallest absolute Gasteiger partial charge is 0.236 e. The summed E-state index contributed by atoms with van der Waals surface area (Å²) in [6.07, 6.45) is 0.429. The lowest BCUT2D eigenvalue weighted by Crippen LogP contribution is -2.36. The summed E-state index contributed by atoms with van der Waals surface area (Å²) in [5.41, 5.74) is 3.92. The SMILES string of the molecule is C[C@]1(F)CCN(C(=O)CN)C1. The van der Waals surface area contributed by atoms with Gasteiger partial charge in [0.25, 0.3) is 0 Å². The van der Waals surface area contributed by atoms with Crippen LogP contribution in [0.25, 0.3) is 0 Å². The number of carbonyl (C=O) groups excluding carboxylic acids is 1. The van der Waals surface area contributed by atoms with Crippen molar-refractivity contribution in [3.8, 4) is 0 Å². The van der Waals surface area contributed by atoms with Crippen molar-refractivity contribution >= 4 is 5.91 Å². The second kappa shape index (κ2) is 2.77. The number of carbonyl (C=O) groups is 1. The van der Waals surface area contributed by atoms with E-state index in [1.54, 1.807) is 0 Å². The molecule has 4 heteroatoms. The second-order valence-corrected chi connectivity index (χ2v) is 3.18. The predicted molar refractivity (Wildman–Crippen MR) is 39.8 cm³/mol. The molecule has 0 aromatic heterocycles. The molecule has 11 heavy (non-hydrogen) atoms. The van der Waals surface area contributed by atoms with Gasteiger partial charge >= 0.3 is 0 Å². The number of rotatable bonds is 1. The monoisotopic (exact) mass is 160 g/mol. The molecule has 1 fully saturated rings. The molecule has 64 valence electrons. The maximum Gasteiger partial charge on any atom is 0.236 e. The van der Waals surface area contributed by atoms with Crippen molar-refractivity contribution in [2.24, 2.45) is 5.73 Å². The first kappa shape index (κ1) is 8.46. The predicted octanol–water partition coefficient (Wildman–Crippen LogP) is -0.0944. The molecule has 2 N–H and O–H groups in total. The third kappa shape index (κ3) is 1.89. The van der Waals surface area contributed by atoms with E-state index in [4.69, 9.17) is 5.73 Å². The van der Waals surface area contributed by atoms with Crippen LogP contribution in [0.5, 0.6) is 0 Å². The molecule has 3 nitrogen and oxygen atoms in total. The minimum absolute atomic E-state index is 0.0178. The summed E-state index contributed by atoms with van der Waals surface area (Å²) >= 11 is 0. The normalized spacial score (nSPS) is 31.0. The van der Waals surface area contributed by atoms with E-state index >= 15 is 0 Å². The third-order valence-corrected chi connectivity index (χ3v) is 1.95. The van der Waals surface area contributed by atoms with E-state index in [0.717, 1.165) is 0 Å². The fourth-order valence-corrected chi connectivity index (χ4v) is 1.27. The molecule has 0 spiro atoms. The van der Waals surface area contributed by atoms with Crippen molar-refractivity contribution < 1.29 is 9.18 Å². The molecule has 0 unspecified atom stereocenters. The number of alkyl halides is 1. The van der Waals surface area contributed by atoms with Crippen molar-refractivity contribution in [3.05, 3.63) is 0 Å². The zero-order valence-corrected chi connectivity index (χ0v) is 6.64. The second-order valence-electron chi connectivity index (χ2n) is 3.18. The summed E-state index contributed by atoms with van der Waals surface area (Å²) in [7, 11) is 0. The van der Waals surface area contributed by atoms with Crippen molar-refractivity contribution in [2.75, 3.05) is 19.6 Å². The van der Waals surface area contributed by atoms with E-state index in [0.29, 0.717) is 13.0 Å². The van der Waals surface area contributed by atoms with E-state index < -0.39 is 5.67 Å². The molecule has 0 bridgehead atoms. The Bertz CT molecular complexity index is 170. The summed E-state index contributed by atoms with van der Waals surface area (Å²) in [6.45, 7) is 2.19. The topological polar surface area (TPSA) is 46.3 Å². The van der Waals surface area contributed by atoms with Crippen LogP contribution in [0.3, 0.4) is 0 Å². The largest absolute Gasteiger partial charge is 0.338 e. The Hall–Kier alpha value is -0.640. The number of halogens is 1. The average Bonchev–Trinajstić information content (AvgIpc) is 2.29. The van der Waals surface area contributed by atoms with Gasteiger partial charge < -0.3 is 10.6 Å². The minimum atomic E-state index is -1.20. The van der Waals surface area contributed by atoms with Crippen LogP contribution >= 0.6 is 0 Å². The minimum Gasteiger partial charge on any atom is -0.338 e. The summed E-state index contributed by atoms with van der Waals surface area (Å²) in [5, 5.41) is 0. The van der Waals surface area contributed by atoms with Crippen molar-refractivity contribution in [1.29, 1.82) is 0 Å². The number of nitrogens with two attached hydrogens (primary N) is 1. The van der Waals surface area contributed by atoms with Gasteiger partial charge in [0.2, 0.25) is 5.91 Å². The van der Waals surface area contributed by atoms with Crippen molar-refractivity contribution in [3.63, 3.8) is 0 Å². The van der Waals surface area contributed by atoms with Crippen LogP contribution in [-0.4, -0.2) is 36.1 Å². The fourth-order valence-electron chi connectivity index (χ4n) is 1.27. The molecule has 1 heterocycles. The van der Waals surface area contributed by atoms with Gasteiger partial charge in [-0.25, -0.2) is 4.39 Å². The third-order valence-electron chi connectivity index (χ3n) is 1.95. The summed E-state index contributed by atoms with van der Waals surface area (Å²) in [4.78, 5) is 12.4. The molecule has 1 saturated heterocycles. The zero-order valence-electron chi connectivity index (χ0n) is 6.64. The van der Waals surface area contributed by atoms with Gasteiger partial charge in [-0.05, 0) is 6.92 Å². The first-order chi connectivity index (χ1) is 5.05. The molecule has 0 aromatic rings. The number of hydrogen-bond acceptors (Lipinski definition) is 2. The summed E-state index contributed by atoms with van der Waals surface area (Å²) < 4.78 is 13.1. The van der Waals surface area contributed by atoms with Crippen LogP contribution < -0.4 is 5.73 Å². The number of hydrogen-bond donors (Lipinski definition) is 1. The van der Waals surface area contributed by atoms with Crippen LogP contribution in [0.4, 0.5) is 4.39 Å². The lowest BCUT2D eigenvalue weighted by atomic mass is 10.1. The first-order valence-corrected chi connectivity index (χ1v) is 3.72. The van der Waals surface area contributed by atoms with E-state index in [9.17, 15) is 9.18 Å². The van der Waals surface area contributed by atoms with E-state index in [2.05, 4.69) is 0 Å². The molecule has 1 amide bonds. The van der Waals surface area contributed by atoms with E-state index in [1.165, 1.54) is 11.8 Å². The maximum absolute atomic E-state index is 13.1.